The van der Waals surface area contributed by atoms with E-state index in [1.165, 1.54) is 5.56 Å². The Morgan fingerprint density at radius 2 is 1.67 bits per heavy atom. The van der Waals surface area contributed by atoms with Gasteiger partial charge in [0.25, 0.3) is 0 Å². The Morgan fingerprint density at radius 3 is 2.17 bits per heavy atom. The molecule has 2 heteroatoms. The van der Waals surface area contributed by atoms with Crippen molar-refractivity contribution in [3.05, 3.63) is 35.9 Å². The van der Waals surface area contributed by atoms with Crippen molar-refractivity contribution in [2.24, 2.45) is 11.8 Å². The highest BCUT2D eigenvalue weighted by atomic mass is 16.3. The number of hydrogen-bond acceptors (Lipinski definition) is 2. The molecule has 1 rings (SSSR count). The topological polar surface area (TPSA) is 32.3 Å². The Kier molecular flexibility index (Phi) is 6.37. The van der Waals surface area contributed by atoms with Crippen molar-refractivity contribution in [2.75, 3.05) is 6.61 Å². The lowest BCUT2D eigenvalue weighted by Gasteiger charge is -2.28. The molecule has 0 aliphatic rings. The molecular weight excluding hydrogens is 222 g/mol. The maximum atomic E-state index is 9.23. The number of benzene rings is 1. The Hall–Kier alpha value is -0.860. The minimum absolute atomic E-state index is 0.233. The number of aliphatic hydroxyl groups is 1. The molecule has 0 saturated carbocycles. The van der Waals surface area contributed by atoms with Gasteiger partial charge in [0.15, 0.2) is 0 Å². The number of nitrogens with one attached hydrogen (secondary N) is 1. The molecule has 2 N–H and O–H groups in total. The highest BCUT2D eigenvalue weighted by Crippen LogP contribution is 2.22. The third-order valence-electron chi connectivity index (χ3n) is 3.51. The molecule has 0 fully saturated rings. The van der Waals surface area contributed by atoms with Gasteiger partial charge in [0.1, 0.15) is 0 Å². The van der Waals surface area contributed by atoms with E-state index in [9.17, 15) is 5.11 Å². The molecule has 1 aromatic carbocycles. The summed E-state index contributed by atoms with van der Waals surface area (Å²) in [6.07, 6.45) is 1.12. The predicted molar refractivity (Wildman–Crippen MR) is 77.5 cm³/mol. The molecule has 102 valence electrons. The van der Waals surface area contributed by atoms with Gasteiger partial charge in [-0.2, -0.15) is 0 Å². The van der Waals surface area contributed by atoms with Gasteiger partial charge < -0.3 is 10.4 Å². The Labute approximate surface area is 111 Å². The lowest BCUT2D eigenvalue weighted by atomic mass is 9.94. The van der Waals surface area contributed by atoms with Crippen molar-refractivity contribution in [1.29, 1.82) is 0 Å². The normalized spacial score (nSPS) is 16.6. The Balaban J connectivity index is 2.73. The van der Waals surface area contributed by atoms with E-state index in [-0.39, 0.29) is 12.5 Å². The summed E-state index contributed by atoms with van der Waals surface area (Å²) in [6, 6.07) is 11.3. The summed E-state index contributed by atoms with van der Waals surface area (Å²) in [5.74, 6) is 0.933. The molecule has 0 saturated heterocycles. The van der Waals surface area contributed by atoms with Gasteiger partial charge in [-0.3, -0.25) is 0 Å². The van der Waals surface area contributed by atoms with Crippen molar-refractivity contribution >= 4 is 0 Å². The molecule has 0 bridgehead atoms. The first-order chi connectivity index (χ1) is 8.54. The maximum absolute atomic E-state index is 9.23. The summed E-state index contributed by atoms with van der Waals surface area (Å²) in [5.41, 5.74) is 1.34. The first kappa shape index (κ1) is 15.2. The summed E-state index contributed by atoms with van der Waals surface area (Å²) in [7, 11) is 0. The molecule has 0 aliphatic carbocycles. The lowest BCUT2D eigenvalue weighted by Crippen LogP contribution is -2.37. The third-order valence-corrected chi connectivity index (χ3v) is 3.51. The molecule has 0 aromatic heterocycles. The van der Waals surface area contributed by atoms with E-state index in [4.69, 9.17) is 0 Å². The number of aliphatic hydroxyl groups excluding tert-OH is 1. The van der Waals surface area contributed by atoms with Crippen LogP contribution >= 0.6 is 0 Å². The van der Waals surface area contributed by atoms with E-state index in [0.29, 0.717) is 18.0 Å². The first-order valence-electron chi connectivity index (χ1n) is 6.96. The molecule has 0 heterocycles. The highest BCUT2D eigenvalue weighted by Gasteiger charge is 2.18. The van der Waals surface area contributed by atoms with Crippen LogP contribution in [0.3, 0.4) is 0 Å². The van der Waals surface area contributed by atoms with Crippen LogP contribution in [0.2, 0.25) is 0 Å². The molecule has 0 amide bonds. The average molecular weight is 249 g/mol. The number of hydrogen-bond donors (Lipinski definition) is 2. The summed E-state index contributed by atoms with van der Waals surface area (Å²) in [6.45, 7) is 8.96. The Morgan fingerprint density at radius 1 is 1.06 bits per heavy atom. The van der Waals surface area contributed by atoms with Crippen LogP contribution in [0.4, 0.5) is 0 Å². The first-order valence-corrected chi connectivity index (χ1v) is 6.96. The fourth-order valence-corrected chi connectivity index (χ4v) is 2.10. The van der Waals surface area contributed by atoms with Crippen LogP contribution in [-0.2, 0) is 0 Å². The van der Waals surface area contributed by atoms with Gasteiger partial charge in [0.2, 0.25) is 0 Å². The fraction of sp³-hybridized carbons (Fsp3) is 0.625. The average Bonchev–Trinajstić information content (AvgIpc) is 2.37. The van der Waals surface area contributed by atoms with E-state index in [0.717, 1.165) is 6.42 Å². The van der Waals surface area contributed by atoms with E-state index < -0.39 is 0 Å². The molecule has 0 aliphatic heterocycles. The van der Waals surface area contributed by atoms with Crippen molar-refractivity contribution in [3.8, 4) is 0 Å². The molecule has 2 nitrogen and oxygen atoms in total. The Bertz CT molecular complexity index is 323. The van der Waals surface area contributed by atoms with Gasteiger partial charge in [-0.1, -0.05) is 51.1 Å². The van der Waals surface area contributed by atoms with Crippen molar-refractivity contribution < 1.29 is 5.11 Å². The van der Waals surface area contributed by atoms with Crippen LogP contribution in [0.25, 0.3) is 0 Å². The second-order valence-electron chi connectivity index (χ2n) is 5.71. The molecule has 3 atom stereocenters. The maximum Gasteiger partial charge on any atom is 0.0471 e. The lowest BCUT2D eigenvalue weighted by molar-refractivity contribution is 0.197. The summed E-state index contributed by atoms with van der Waals surface area (Å²) >= 11 is 0. The fourth-order valence-electron chi connectivity index (χ4n) is 2.10. The number of rotatable bonds is 7. The van der Waals surface area contributed by atoms with Crippen LogP contribution < -0.4 is 5.32 Å². The van der Waals surface area contributed by atoms with Gasteiger partial charge in [-0.05, 0) is 30.7 Å². The second kappa shape index (κ2) is 7.55. The zero-order valence-corrected chi connectivity index (χ0v) is 12.1. The van der Waals surface area contributed by atoms with E-state index in [2.05, 4.69) is 63.3 Å². The zero-order valence-electron chi connectivity index (χ0n) is 12.1. The molecular formula is C16H27NO. The SMILES string of the molecule is CC(C)CC(NC(C)C(C)CO)c1ccccc1. The largest absolute Gasteiger partial charge is 0.396 e. The summed E-state index contributed by atoms with van der Waals surface area (Å²) in [4.78, 5) is 0. The van der Waals surface area contributed by atoms with E-state index in [1.54, 1.807) is 0 Å². The van der Waals surface area contributed by atoms with Crippen molar-refractivity contribution in [2.45, 2.75) is 46.2 Å². The predicted octanol–water partition coefficient (Wildman–Crippen LogP) is 3.38. The van der Waals surface area contributed by atoms with Crippen molar-refractivity contribution in [3.63, 3.8) is 0 Å². The molecule has 1 aromatic rings. The second-order valence-corrected chi connectivity index (χ2v) is 5.71. The minimum atomic E-state index is 0.233. The minimum Gasteiger partial charge on any atom is -0.396 e. The quantitative estimate of drug-likeness (QED) is 0.776. The molecule has 0 radical (unpaired) electrons. The van der Waals surface area contributed by atoms with Crippen LogP contribution in [-0.4, -0.2) is 17.8 Å². The van der Waals surface area contributed by atoms with E-state index >= 15 is 0 Å². The third kappa shape index (κ3) is 4.79. The molecule has 3 unspecified atom stereocenters. The van der Waals surface area contributed by atoms with Crippen molar-refractivity contribution in [1.82, 2.24) is 5.32 Å². The van der Waals surface area contributed by atoms with Crippen LogP contribution in [0.1, 0.15) is 45.7 Å². The standard InChI is InChI=1S/C16H27NO/c1-12(2)10-16(15-8-6-5-7-9-15)17-14(4)13(3)11-18/h5-9,12-14,16-18H,10-11H2,1-4H3. The highest BCUT2D eigenvalue weighted by molar-refractivity contribution is 5.19. The monoisotopic (exact) mass is 249 g/mol. The van der Waals surface area contributed by atoms with Gasteiger partial charge in [0.05, 0.1) is 0 Å². The van der Waals surface area contributed by atoms with Gasteiger partial charge in [-0.15, -0.1) is 0 Å². The van der Waals surface area contributed by atoms with E-state index in [1.807, 2.05) is 0 Å². The smallest absolute Gasteiger partial charge is 0.0471 e. The van der Waals surface area contributed by atoms with Crippen LogP contribution in [0.15, 0.2) is 30.3 Å². The zero-order chi connectivity index (χ0) is 13.5. The summed E-state index contributed by atoms with van der Waals surface area (Å²) in [5, 5.41) is 12.9. The van der Waals surface area contributed by atoms with Crippen LogP contribution in [0, 0.1) is 11.8 Å². The molecule has 0 spiro atoms. The van der Waals surface area contributed by atoms with Crippen LogP contribution in [0.5, 0.6) is 0 Å². The molecule has 18 heavy (non-hydrogen) atoms. The van der Waals surface area contributed by atoms with Gasteiger partial charge in [0, 0.05) is 18.7 Å². The van der Waals surface area contributed by atoms with Gasteiger partial charge in [-0.25, -0.2) is 0 Å². The summed E-state index contributed by atoms with van der Waals surface area (Å²) < 4.78 is 0. The van der Waals surface area contributed by atoms with Gasteiger partial charge >= 0.3 is 0 Å².